The number of anilines is 2. The second-order valence-electron chi connectivity index (χ2n) is 9.09. The molecule has 9 nitrogen and oxygen atoms in total. The van der Waals surface area contributed by atoms with Crippen LogP contribution in [0.2, 0.25) is 0 Å². The molecule has 0 bridgehead atoms. The van der Waals surface area contributed by atoms with Gasteiger partial charge in [-0.05, 0) is 54.7 Å². The first-order chi connectivity index (χ1) is 16.6. The molecule has 194 valence electrons. The molecule has 11 heteroatoms. The first kappa shape index (κ1) is 27.4. The van der Waals surface area contributed by atoms with E-state index in [0.29, 0.717) is 18.8 Å². The zero-order valence-corrected chi connectivity index (χ0v) is 22.3. The van der Waals surface area contributed by atoms with E-state index in [2.05, 4.69) is 4.72 Å². The van der Waals surface area contributed by atoms with E-state index in [4.69, 9.17) is 4.74 Å². The van der Waals surface area contributed by atoms with Crippen molar-refractivity contribution in [1.82, 2.24) is 9.03 Å². The van der Waals surface area contributed by atoms with E-state index < -0.39 is 21.5 Å². The topological polar surface area (TPSA) is 105 Å². The molecule has 0 spiro atoms. The lowest BCUT2D eigenvalue weighted by Gasteiger charge is -2.33. The van der Waals surface area contributed by atoms with Crippen molar-refractivity contribution in [2.24, 2.45) is 5.92 Å². The molecule has 35 heavy (non-hydrogen) atoms. The average Bonchev–Trinajstić information content (AvgIpc) is 2.86. The van der Waals surface area contributed by atoms with E-state index in [1.165, 1.54) is 8.61 Å². The maximum atomic E-state index is 13.1. The molecule has 1 unspecified atom stereocenters. The number of hydrogen-bond acceptors (Lipinski definition) is 6. The van der Waals surface area contributed by atoms with E-state index in [1.807, 2.05) is 62.3 Å². The third-order valence-corrected chi connectivity index (χ3v) is 8.49. The van der Waals surface area contributed by atoms with Crippen molar-refractivity contribution in [1.29, 1.82) is 0 Å². The molecule has 1 N–H and O–H groups in total. The molecule has 1 fully saturated rings. The predicted molar refractivity (Wildman–Crippen MR) is 140 cm³/mol. The van der Waals surface area contributed by atoms with Crippen molar-refractivity contribution in [2.45, 2.75) is 25.7 Å². The van der Waals surface area contributed by atoms with Crippen molar-refractivity contribution >= 4 is 32.9 Å². The largest absolute Gasteiger partial charge is 0.755 e. The van der Waals surface area contributed by atoms with Crippen LogP contribution in [0.3, 0.4) is 0 Å². The van der Waals surface area contributed by atoms with Gasteiger partial charge in [0.2, 0.25) is 0 Å². The lowest BCUT2D eigenvalue weighted by atomic mass is 9.91. The minimum absolute atomic E-state index is 0.0532. The predicted octanol–water partition coefficient (Wildman–Crippen LogP) is 2.71. The summed E-state index contributed by atoms with van der Waals surface area (Å²) in [5.41, 5.74) is 2.51. The van der Waals surface area contributed by atoms with E-state index in [9.17, 15) is 17.2 Å². The third-order valence-electron chi connectivity index (χ3n) is 6.23. The normalized spacial score (nSPS) is 18.6. The maximum absolute atomic E-state index is 13.1. The second kappa shape index (κ2) is 12.2. The smallest absolute Gasteiger partial charge is 0.279 e. The number of nitrogens with zero attached hydrogens (tertiary/aromatic N) is 3. The first-order valence-electron chi connectivity index (χ1n) is 11.6. The summed E-state index contributed by atoms with van der Waals surface area (Å²) < 4.78 is 60.8. The number of rotatable bonds is 11. The highest BCUT2D eigenvalue weighted by molar-refractivity contribution is 7.87. The van der Waals surface area contributed by atoms with Crippen molar-refractivity contribution in [3.8, 4) is 5.75 Å². The molecule has 1 saturated heterocycles. The third kappa shape index (κ3) is 7.17. The zero-order chi connectivity index (χ0) is 25.6. The Bertz CT molecular complexity index is 1100. The molecule has 0 saturated carbocycles. The van der Waals surface area contributed by atoms with Crippen molar-refractivity contribution in [2.75, 3.05) is 56.6 Å². The van der Waals surface area contributed by atoms with Crippen LogP contribution in [0.5, 0.6) is 5.75 Å². The number of piperidine rings is 1. The monoisotopic (exact) mass is 523 g/mol. The van der Waals surface area contributed by atoms with Crippen LogP contribution in [0.25, 0.3) is 0 Å². The van der Waals surface area contributed by atoms with Gasteiger partial charge in [0, 0.05) is 68.8 Å². The van der Waals surface area contributed by atoms with E-state index >= 15 is 0 Å². The molecule has 1 heterocycles. The summed E-state index contributed by atoms with van der Waals surface area (Å²) in [6, 6.07) is 14.9. The lowest BCUT2D eigenvalue weighted by molar-refractivity contribution is 0.304. The summed E-state index contributed by atoms with van der Waals surface area (Å²) in [7, 11) is 1.73. The summed E-state index contributed by atoms with van der Waals surface area (Å²) in [6.07, 6.45) is 1.64. The Morgan fingerprint density at radius 3 is 2.46 bits per heavy atom. The van der Waals surface area contributed by atoms with Crippen LogP contribution >= 0.6 is 0 Å². The minimum Gasteiger partial charge on any atom is -0.755 e. The van der Waals surface area contributed by atoms with E-state index in [-0.39, 0.29) is 24.9 Å². The van der Waals surface area contributed by atoms with Gasteiger partial charge in [0.1, 0.15) is 5.75 Å². The van der Waals surface area contributed by atoms with Crippen LogP contribution in [0.1, 0.15) is 31.2 Å². The molecule has 0 radical (unpaired) electrons. The van der Waals surface area contributed by atoms with Crippen LogP contribution in [-0.2, 0) is 21.5 Å². The summed E-state index contributed by atoms with van der Waals surface area (Å²) in [5.74, 6) is 0.575. The standard InChI is InChI=1S/C24H36N4O5S2/c1-19(17-28(34(29)30)22-13-11-21(12-14-22)26(2)3)16-25-35(31,32)27-15-7-8-20(18-27)23-9-5-6-10-24(23)33-4/h5-6,9-14,19-20,25H,7-8,15-18H2,1-4H3,(H,29,30)/p-1/t19-,20+/m0/s1. The molecule has 2 aromatic carbocycles. The lowest BCUT2D eigenvalue weighted by Crippen LogP contribution is -2.47. The van der Waals surface area contributed by atoms with Crippen LogP contribution in [0.15, 0.2) is 48.5 Å². The van der Waals surface area contributed by atoms with Gasteiger partial charge in [-0.1, -0.05) is 25.1 Å². The van der Waals surface area contributed by atoms with Gasteiger partial charge < -0.3 is 18.5 Å². The summed E-state index contributed by atoms with van der Waals surface area (Å²) in [6.45, 7) is 2.93. The van der Waals surface area contributed by atoms with Gasteiger partial charge in [-0.2, -0.15) is 12.7 Å². The Labute approximate surface area is 211 Å². The zero-order valence-electron chi connectivity index (χ0n) is 20.7. The Kier molecular flexibility index (Phi) is 9.54. The second-order valence-corrected chi connectivity index (χ2v) is 11.7. The first-order valence-corrected chi connectivity index (χ1v) is 14.1. The molecule has 0 aliphatic carbocycles. The Morgan fingerprint density at radius 2 is 1.83 bits per heavy atom. The minimum atomic E-state index is -3.71. The molecule has 2 aromatic rings. The number of para-hydroxylation sites is 1. The molecule has 3 rings (SSSR count). The van der Waals surface area contributed by atoms with Crippen LogP contribution in [-0.4, -0.2) is 68.9 Å². The fraction of sp³-hybridized carbons (Fsp3) is 0.500. The molecular weight excluding hydrogens is 488 g/mol. The summed E-state index contributed by atoms with van der Waals surface area (Å²) >= 11 is -2.48. The van der Waals surface area contributed by atoms with Crippen molar-refractivity contribution < 1.29 is 21.9 Å². The Hall–Kier alpha value is -2.18. The van der Waals surface area contributed by atoms with Crippen molar-refractivity contribution in [3.05, 3.63) is 54.1 Å². The quantitative estimate of drug-likeness (QED) is 0.454. The number of methoxy groups -OCH3 is 1. The van der Waals surface area contributed by atoms with Crippen LogP contribution in [0.4, 0.5) is 11.4 Å². The number of hydrogen-bond donors (Lipinski definition) is 1. The highest BCUT2D eigenvalue weighted by Crippen LogP contribution is 2.33. The van der Waals surface area contributed by atoms with Gasteiger partial charge in [0.05, 0.1) is 7.11 Å². The Balaban J connectivity index is 1.61. The van der Waals surface area contributed by atoms with Gasteiger partial charge in [-0.25, -0.2) is 4.72 Å². The molecule has 0 aromatic heterocycles. The SMILES string of the molecule is COc1ccccc1[C@@H]1CCCN(S(=O)(=O)NC[C@H](C)CN(c2ccc(N(C)C)cc2)S(=O)[O-])C1. The van der Waals surface area contributed by atoms with Crippen LogP contribution in [0, 0.1) is 5.92 Å². The highest BCUT2D eigenvalue weighted by atomic mass is 32.2. The van der Waals surface area contributed by atoms with Gasteiger partial charge in [-0.3, -0.25) is 4.21 Å². The molecule has 0 amide bonds. The average molecular weight is 524 g/mol. The fourth-order valence-electron chi connectivity index (χ4n) is 4.27. The fourth-order valence-corrected chi connectivity index (χ4v) is 6.37. The maximum Gasteiger partial charge on any atom is 0.279 e. The molecule has 3 atom stereocenters. The van der Waals surface area contributed by atoms with Gasteiger partial charge in [0.25, 0.3) is 10.2 Å². The molecular formula is C24H35N4O5S2-. The van der Waals surface area contributed by atoms with Crippen molar-refractivity contribution in [3.63, 3.8) is 0 Å². The van der Waals surface area contributed by atoms with Gasteiger partial charge >= 0.3 is 0 Å². The summed E-state index contributed by atoms with van der Waals surface area (Å²) in [4.78, 5) is 1.93. The Morgan fingerprint density at radius 1 is 1.17 bits per heavy atom. The van der Waals surface area contributed by atoms with Gasteiger partial charge in [-0.15, -0.1) is 0 Å². The van der Waals surface area contributed by atoms with E-state index in [0.717, 1.165) is 29.8 Å². The van der Waals surface area contributed by atoms with Crippen LogP contribution < -0.4 is 18.7 Å². The molecule has 1 aliphatic rings. The highest BCUT2D eigenvalue weighted by Gasteiger charge is 2.31. The number of benzene rings is 2. The summed E-state index contributed by atoms with van der Waals surface area (Å²) in [5, 5.41) is 0. The van der Waals surface area contributed by atoms with E-state index in [1.54, 1.807) is 19.2 Å². The van der Waals surface area contributed by atoms with Gasteiger partial charge in [0.15, 0.2) is 0 Å². The number of ether oxygens (including phenoxy) is 1. The molecule has 1 aliphatic heterocycles. The number of nitrogens with one attached hydrogen (secondary N) is 1.